The van der Waals surface area contributed by atoms with Crippen LogP contribution in [0.15, 0.2) is 60.7 Å². The summed E-state index contributed by atoms with van der Waals surface area (Å²) in [6, 6.07) is 16.3. The zero-order valence-corrected chi connectivity index (χ0v) is 22.7. The molecule has 3 nitrogen and oxygen atoms in total. The van der Waals surface area contributed by atoms with Crippen molar-refractivity contribution in [2.45, 2.75) is 84.5 Å². The zero-order chi connectivity index (χ0) is 27.2. The van der Waals surface area contributed by atoms with Gasteiger partial charge in [-0.1, -0.05) is 102 Å². The van der Waals surface area contributed by atoms with Gasteiger partial charge < -0.3 is 0 Å². The van der Waals surface area contributed by atoms with Crippen molar-refractivity contribution in [2.75, 3.05) is 6.61 Å². The van der Waals surface area contributed by atoms with E-state index >= 15 is 4.39 Å². The average molecular weight is 523 g/mol. The fourth-order valence-corrected chi connectivity index (χ4v) is 4.58. The quantitative estimate of drug-likeness (QED) is 0.107. The van der Waals surface area contributed by atoms with Gasteiger partial charge in [-0.25, -0.2) is 13.6 Å². The molecule has 3 aromatic carbocycles. The molecule has 3 rings (SSSR count). The molecule has 0 fully saturated rings. The lowest BCUT2D eigenvalue weighted by Gasteiger charge is -2.14. The number of aryl methyl sites for hydroxylation is 1. The van der Waals surface area contributed by atoms with E-state index in [0.717, 1.165) is 50.5 Å². The van der Waals surface area contributed by atoms with Crippen molar-refractivity contribution >= 4 is 5.97 Å². The maximum Gasteiger partial charge on any atom is 0.373 e. The van der Waals surface area contributed by atoms with Crippen LogP contribution in [-0.4, -0.2) is 12.6 Å². The van der Waals surface area contributed by atoms with Gasteiger partial charge in [-0.05, 0) is 60.2 Å². The van der Waals surface area contributed by atoms with E-state index in [4.69, 9.17) is 9.78 Å². The number of carbonyl (C=O) groups is 1. The van der Waals surface area contributed by atoms with Crippen molar-refractivity contribution in [1.82, 2.24) is 0 Å². The molecule has 5 heteroatoms. The van der Waals surface area contributed by atoms with E-state index in [1.54, 1.807) is 48.5 Å². The van der Waals surface area contributed by atoms with E-state index in [1.807, 2.05) is 6.07 Å². The Morgan fingerprint density at radius 1 is 0.658 bits per heavy atom. The summed E-state index contributed by atoms with van der Waals surface area (Å²) in [4.78, 5) is 22.8. The van der Waals surface area contributed by atoms with Gasteiger partial charge in [0.15, 0.2) is 0 Å². The zero-order valence-electron chi connectivity index (χ0n) is 22.7. The third-order valence-electron chi connectivity index (χ3n) is 6.78. The maximum absolute atomic E-state index is 15.4. The Morgan fingerprint density at radius 2 is 1.32 bits per heavy atom. The Hall–Kier alpha value is -3.05. The highest BCUT2D eigenvalue weighted by Gasteiger charge is 2.18. The molecular formula is C33H40F2O3. The van der Waals surface area contributed by atoms with Crippen LogP contribution in [-0.2, 0) is 16.2 Å². The molecule has 0 aliphatic carbocycles. The molecular weight excluding hydrogens is 482 g/mol. The number of carbonyl (C=O) groups excluding carboxylic acids is 1. The first kappa shape index (κ1) is 29.5. The van der Waals surface area contributed by atoms with Crippen LogP contribution in [0.3, 0.4) is 0 Å². The minimum Gasteiger partial charge on any atom is -0.293 e. The predicted molar refractivity (Wildman–Crippen MR) is 150 cm³/mol. The second-order valence-corrected chi connectivity index (χ2v) is 9.83. The minimum absolute atomic E-state index is 0.213. The van der Waals surface area contributed by atoms with Crippen LogP contribution in [0.1, 0.15) is 94.0 Å². The predicted octanol–water partition coefficient (Wildman–Crippen LogP) is 9.87. The van der Waals surface area contributed by atoms with E-state index in [2.05, 4.69) is 13.8 Å². The first-order valence-electron chi connectivity index (χ1n) is 14.1. The molecule has 0 saturated heterocycles. The van der Waals surface area contributed by atoms with E-state index < -0.39 is 17.6 Å². The Bertz CT molecular complexity index is 1160. The van der Waals surface area contributed by atoms with Gasteiger partial charge in [0, 0.05) is 11.1 Å². The molecule has 0 N–H and O–H groups in total. The van der Waals surface area contributed by atoms with Gasteiger partial charge in [0.2, 0.25) is 0 Å². The van der Waals surface area contributed by atoms with E-state index in [0.29, 0.717) is 28.9 Å². The highest BCUT2D eigenvalue weighted by Crippen LogP contribution is 2.36. The van der Waals surface area contributed by atoms with Gasteiger partial charge in [0.1, 0.15) is 11.6 Å². The molecule has 0 atom stereocenters. The van der Waals surface area contributed by atoms with Crippen LogP contribution in [0.4, 0.5) is 8.78 Å². The lowest BCUT2D eigenvalue weighted by Crippen LogP contribution is -2.08. The molecule has 0 aromatic heterocycles. The maximum atomic E-state index is 15.4. The molecule has 0 unspecified atom stereocenters. The largest absolute Gasteiger partial charge is 0.373 e. The van der Waals surface area contributed by atoms with Crippen LogP contribution < -0.4 is 0 Å². The molecule has 0 spiro atoms. The number of halogens is 2. The molecule has 38 heavy (non-hydrogen) atoms. The molecule has 0 aliphatic rings. The van der Waals surface area contributed by atoms with Crippen LogP contribution in [0.5, 0.6) is 0 Å². The molecule has 0 amide bonds. The third kappa shape index (κ3) is 8.76. The SMILES string of the molecule is CCCCCCCOOC(=O)c1ccc(-c2ccccc2F)c(-c2ccc(CCCCCCC)cc2F)c1. The second kappa shape index (κ2) is 16.0. The van der Waals surface area contributed by atoms with Crippen LogP contribution in [0, 0.1) is 11.6 Å². The van der Waals surface area contributed by atoms with Crippen molar-refractivity contribution < 1.29 is 23.4 Å². The highest BCUT2D eigenvalue weighted by molar-refractivity contribution is 5.94. The summed E-state index contributed by atoms with van der Waals surface area (Å²) < 4.78 is 30.2. The Morgan fingerprint density at radius 3 is 2.03 bits per heavy atom. The smallest absolute Gasteiger partial charge is 0.293 e. The lowest BCUT2D eigenvalue weighted by molar-refractivity contribution is -0.241. The fourth-order valence-electron chi connectivity index (χ4n) is 4.58. The van der Waals surface area contributed by atoms with Gasteiger partial charge in [0.25, 0.3) is 0 Å². The molecule has 0 saturated carbocycles. The summed E-state index contributed by atoms with van der Waals surface area (Å²) in [5, 5.41) is 0. The lowest BCUT2D eigenvalue weighted by atomic mass is 9.91. The molecule has 0 bridgehead atoms. The summed E-state index contributed by atoms with van der Waals surface area (Å²) in [7, 11) is 0. The van der Waals surface area contributed by atoms with Crippen molar-refractivity contribution in [2.24, 2.45) is 0 Å². The molecule has 0 radical (unpaired) electrons. The normalized spacial score (nSPS) is 11.1. The van der Waals surface area contributed by atoms with E-state index in [-0.39, 0.29) is 5.56 Å². The molecule has 0 heterocycles. The van der Waals surface area contributed by atoms with Gasteiger partial charge in [-0.2, -0.15) is 4.89 Å². The number of hydrogen-bond donors (Lipinski definition) is 0. The Labute approximate surface area is 226 Å². The van der Waals surface area contributed by atoms with E-state index in [1.165, 1.54) is 31.7 Å². The summed E-state index contributed by atoms with van der Waals surface area (Å²) >= 11 is 0. The van der Waals surface area contributed by atoms with Gasteiger partial charge in [0.05, 0.1) is 12.2 Å². The average Bonchev–Trinajstić information content (AvgIpc) is 2.92. The summed E-state index contributed by atoms with van der Waals surface area (Å²) in [5.41, 5.74) is 2.72. The number of benzene rings is 3. The number of rotatable bonds is 16. The fraction of sp³-hybridized carbons (Fsp3) is 0.424. The van der Waals surface area contributed by atoms with Gasteiger partial charge in [-0.15, -0.1) is 0 Å². The first-order chi connectivity index (χ1) is 18.5. The second-order valence-electron chi connectivity index (χ2n) is 9.83. The molecule has 0 aliphatic heterocycles. The standard InChI is InChI=1S/C33H40F2O3/c1-3-5-7-9-11-15-25-18-20-29(32(35)23-25)30-24-26(33(36)38-37-22-14-10-8-6-4-2)19-21-27(30)28-16-12-13-17-31(28)34/h12-13,16-21,23-24H,3-11,14-15,22H2,1-2H3. The van der Waals surface area contributed by atoms with Crippen LogP contribution >= 0.6 is 0 Å². The van der Waals surface area contributed by atoms with Gasteiger partial charge >= 0.3 is 5.97 Å². The minimum atomic E-state index is -0.663. The van der Waals surface area contributed by atoms with Crippen molar-refractivity contribution in [1.29, 1.82) is 0 Å². The van der Waals surface area contributed by atoms with Crippen molar-refractivity contribution in [3.63, 3.8) is 0 Å². The monoisotopic (exact) mass is 522 g/mol. The molecule has 204 valence electrons. The number of hydrogen-bond acceptors (Lipinski definition) is 3. The van der Waals surface area contributed by atoms with E-state index in [9.17, 15) is 9.18 Å². The summed E-state index contributed by atoms with van der Waals surface area (Å²) in [5.74, 6) is -1.48. The Kier molecular flexibility index (Phi) is 12.4. The topological polar surface area (TPSA) is 35.5 Å². The van der Waals surface area contributed by atoms with Crippen molar-refractivity contribution in [3.8, 4) is 22.3 Å². The molecule has 3 aromatic rings. The summed E-state index contributed by atoms with van der Waals surface area (Å²) in [6.45, 7) is 4.66. The van der Waals surface area contributed by atoms with Crippen LogP contribution in [0.2, 0.25) is 0 Å². The first-order valence-corrected chi connectivity index (χ1v) is 14.1. The summed E-state index contributed by atoms with van der Waals surface area (Å²) in [6.07, 6.45) is 11.8. The van der Waals surface area contributed by atoms with Crippen molar-refractivity contribution in [3.05, 3.63) is 83.4 Å². The number of unbranched alkanes of at least 4 members (excludes halogenated alkanes) is 8. The van der Waals surface area contributed by atoms with Crippen LogP contribution in [0.25, 0.3) is 22.3 Å². The highest BCUT2D eigenvalue weighted by atomic mass is 19.1. The Balaban J connectivity index is 1.81. The van der Waals surface area contributed by atoms with Gasteiger partial charge in [-0.3, -0.25) is 4.89 Å². The third-order valence-corrected chi connectivity index (χ3v) is 6.78.